The molecule has 0 saturated carbocycles. The summed E-state index contributed by atoms with van der Waals surface area (Å²) in [7, 11) is 0. The molecular weight excluding hydrogens is 371 g/mol. The van der Waals surface area contributed by atoms with Crippen molar-refractivity contribution in [3.05, 3.63) is 77.7 Å². The number of halogens is 2. The van der Waals surface area contributed by atoms with E-state index in [1.807, 2.05) is 0 Å². The Kier molecular flexibility index (Phi) is 4.43. The van der Waals surface area contributed by atoms with Crippen molar-refractivity contribution in [2.45, 2.75) is 0 Å². The Morgan fingerprint density at radius 1 is 1.07 bits per heavy atom. The van der Waals surface area contributed by atoms with Crippen LogP contribution in [0.4, 0.5) is 21.6 Å². The molecule has 0 saturated heterocycles. The van der Waals surface area contributed by atoms with E-state index < -0.39 is 5.82 Å². The van der Waals surface area contributed by atoms with E-state index in [2.05, 4.69) is 20.6 Å². The number of fused-ring (bicyclic) bond motifs is 1. The molecule has 0 spiro atoms. The van der Waals surface area contributed by atoms with Gasteiger partial charge in [0.15, 0.2) is 5.76 Å². The third-order valence-corrected chi connectivity index (χ3v) is 4.11. The molecular formula is C19H12ClFN4O2. The molecule has 2 N–H and O–H groups in total. The molecule has 0 unspecified atom stereocenters. The van der Waals surface area contributed by atoms with Crippen molar-refractivity contribution in [1.82, 2.24) is 9.97 Å². The number of nitrogens with one attached hydrogen (secondary N) is 2. The summed E-state index contributed by atoms with van der Waals surface area (Å²) in [4.78, 5) is 20.6. The quantitative estimate of drug-likeness (QED) is 0.518. The van der Waals surface area contributed by atoms with Crippen LogP contribution in [0.15, 0.2) is 65.5 Å². The van der Waals surface area contributed by atoms with Crippen LogP contribution in [0, 0.1) is 5.82 Å². The number of hydrogen-bond donors (Lipinski definition) is 2. The lowest BCUT2D eigenvalue weighted by Gasteiger charge is -2.10. The molecule has 0 bridgehead atoms. The smallest absolute Gasteiger partial charge is 0.291 e. The van der Waals surface area contributed by atoms with Crippen molar-refractivity contribution in [2.24, 2.45) is 0 Å². The van der Waals surface area contributed by atoms with Crippen LogP contribution in [-0.4, -0.2) is 15.9 Å². The fourth-order valence-electron chi connectivity index (χ4n) is 2.55. The number of rotatable bonds is 4. The summed E-state index contributed by atoms with van der Waals surface area (Å²) in [5.41, 5.74) is 1.81. The normalized spacial score (nSPS) is 10.7. The van der Waals surface area contributed by atoms with Gasteiger partial charge in [-0.3, -0.25) is 4.79 Å². The summed E-state index contributed by atoms with van der Waals surface area (Å²) in [6, 6.07) is 12.7. The minimum atomic E-state index is -0.502. The van der Waals surface area contributed by atoms with Crippen LogP contribution in [-0.2, 0) is 0 Å². The second-order valence-electron chi connectivity index (χ2n) is 5.64. The summed E-state index contributed by atoms with van der Waals surface area (Å²) in [6.07, 6.45) is 2.84. The van der Waals surface area contributed by atoms with Gasteiger partial charge in [-0.05, 0) is 48.5 Å². The maximum Gasteiger partial charge on any atom is 0.291 e. The van der Waals surface area contributed by atoms with Crippen LogP contribution in [0.2, 0.25) is 5.02 Å². The number of aromatic nitrogens is 2. The third kappa shape index (κ3) is 3.58. The lowest BCUT2D eigenvalue weighted by atomic mass is 10.2. The number of carbonyl (C=O) groups excluding carboxylic acids is 1. The fraction of sp³-hybridized carbons (Fsp3) is 0. The summed E-state index contributed by atoms with van der Waals surface area (Å²) < 4.78 is 18.4. The summed E-state index contributed by atoms with van der Waals surface area (Å²) >= 11 is 5.83. The Morgan fingerprint density at radius 3 is 2.70 bits per heavy atom. The van der Waals surface area contributed by atoms with Crippen molar-refractivity contribution in [3.8, 4) is 0 Å². The molecule has 0 atom stereocenters. The number of amides is 1. The van der Waals surface area contributed by atoms with Crippen LogP contribution in [0.1, 0.15) is 10.6 Å². The van der Waals surface area contributed by atoms with Gasteiger partial charge in [0.25, 0.3) is 5.91 Å². The highest BCUT2D eigenvalue weighted by atomic mass is 35.5. The Bertz CT molecular complexity index is 1130. The number of anilines is 3. The lowest BCUT2D eigenvalue weighted by Crippen LogP contribution is -2.10. The van der Waals surface area contributed by atoms with Gasteiger partial charge in [0, 0.05) is 16.8 Å². The molecule has 4 rings (SSSR count). The van der Waals surface area contributed by atoms with Gasteiger partial charge in [0.2, 0.25) is 0 Å². The molecule has 27 heavy (non-hydrogen) atoms. The van der Waals surface area contributed by atoms with E-state index in [0.29, 0.717) is 28.1 Å². The van der Waals surface area contributed by atoms with E-state index in [1.165, 1.54) is 24.7 Å². The van der Waals surface area contributed by atoms with Crippen molar-refractivity contribution >= 4 is 45.6 Å². The number of furan rings is 1. The second kappa shape index (κ2) is 7.05. The van der Waals surface area contributed by atoms with E-state index >= 15 is 0 Å². The Morgan fingerprint density at radius 2 is 1.93 bits per heavy atom. The first-order valence-corrected chi connectivity index (χ1v) is 8.29. The molecule has 0 radical (unpaired) electrons. The zero-order chi connectivity index (χ0) is 18.8. The van der Waals surface area contributed by atoms with Crippen molar-refractivity contribution in [3.63, 3.8) is 0 Å². The molecule has 2 heterocycles. The Hall–Kier alpha value is -3.45. The predicted molar refractivity (Wildman–Crippen MR) is 101 cm³/mol. The Balaban J connectivity index is 1.66. The van der Waals surface area contributed by atoms with Gasteiger partial charge in [-0.15, -0.1) is 0 Å². The third-order valence-electron chi connectivity index (χ3n) is 3.82. The van der Waals surface area contributed by atoms with Crippen LogP contribution in [0.25, 0.3) is 10.9 Å². The van der Waals surface area contributed by atoms with Crippen molar-refractivity contribution in [2.75, 3.05) is 10.6 Å². The molecule has 0 fully saturated rings. The zero-order valence-electron chi connectivity index (χ0n) is 13.7. The van der Waals surface area contributed by atoms with E-state index in [4.69, 9.17) is 16.0 Å². The van der Waals surface area contributed by atoms with E-state index in [0.717, 1.165) is 0 Å². The lowest BCUT2D eigenvalue weighted by molar-refractivity contribution is 0.0996. The highest BCUT2D eigenvalue weighted by Crippen LogP contribution is 2.27. The molecule has 8 heteroatoms. The molecule has 134 valence electrons. The topological polar surface area (TPSA) is 80.0 Å². The first kappa shape index (κ1) is 17.0. The van der Waals surface area contributed by atoms with E-state index in [1.54, 1.807) is 36.4 Å². The average molecular weight is 383 g/mol. The highest BCUT2D eigenvalue weighted by molar-refractivity contribution is 6.31. The fourth-order valence-corrected chi connectivity index (χ4v) is 2.73. The van der Waals surface area contributed by atoms with Gasteiger partial charge < -0.3 is 15.1 Å². The number of carbonyl (C=O) groups is 1. The van der Waals surface area contributed by atoms with Crippen LogP contribution in [0.3, 0.4) is 0 Å². The van der Waals surface area contributed by atoms with Crippen molar-refractivity contribution in [1.29, 1.82) is 0 Å². The number of benzene rings is 2. The van der Waals surface area contributed by atoms with E-state index in [9.17, 15) is 9.18 Å². The predicted octanol–water partition coefficient (Wildman–Crippen LogP) is 5.01. The van der Waals surface area contributed by atoms with Crippen molar-refractivity contribution < 1.29 is 13.6 Å². The van der Waals surface area contributed by atoms with Gasteiger partial charge >= 0.3 is 0 Å². The number of hydrogen-bond acceptors (Lipinski definition) is 5. The van der Waals surface area contributed by atoms with Crippen LogP contribution >= 0.6 is 11.6 Å². The van der Waals surface area contributed by atoms with Gasteiger partial charge in [0.05, 0.1) is 16.8 Å². The average Bonchev–Trinajstić information content (AvgIpc) is 3.20. The monoisotopic (exact) mass is 382 g/mol. The maximum absolute atomic E-state index is 13.3. The standard InChI is InChI=1S/C19H12ClFN4O2/c20-14-9-12(3-5-15(14)21)24-18-13-8-11(4-6-16(13)22-10-23-18)25-19(26)17-2-1-7-27-17/h1-10H,(H,25,26)(H,22,23,24). The first-order valence-electron chi connectivity index (χ1n) is 7.92. The maximum atomic E-state index is 13.3. The molecule has 1 amide bonds. The molecule has 0 aliphatic rings. The molecule has 6 nitrogen and oxygen atoms in total. The highest BCUT2D eigenvalue weighted by Gasteiger charge is 2.11. The van der Waals surface area contributed by atoms with Crippen LogP contribution in [0.5, 0.6) is 0 Å². The molecule has 0 aliphatic carbocycles. The molecule has 2 aromatic carbocycles. The van der Waals surface area contributed by atoms with E-state index in [-0.39, 0.29) is 16.7 Å². The first-order chi connectivity index (χ1) is 13.1. The number of nitrogens with zero attached hydrogens (tertiary/aromatic N) is 2. The van der Waals surface area contributed by atoms with Crippen LogP contribution < -0.4 is 10.6 Å². The largest absolute Gasteiger partial charge is 0.459 e. The molecule has 0 aliphatic heterocycles. The van der Waals surface area contributed by atoms with Gasteiger partial charge in [-0.2, -0.15) is 0 Å². The second-order valence-corrected chi connectivity index (χ2v) is 6.05. The summed E-state index contributed by atoms with van der Waals surface area (Å²) in [6.45, 7) is 0. The minimum absolute atomic E-state index is 0.00441. The SMILES string of the molecule is O=C(Nc1ccc2ncnc(Nc3ccc(F)c(Cl)c3)c2c1)c1ccco1. The molecule has 2 aromatic heterocycles. The molecule has 4 aromatic rings. The van der Waals surface area contributed by atoms with Gasteiger partial charge in [-0.25, -0.2) is 14.4 Å². The summed E-state index contributed by atoms with van der Waals surface area (Å²) in [5.74, 6) is -0.163. The van der Waals surface area contributed by atoms with Gasteiger partial charge in [-0.1, -0.05) is 11.6 Å². The Labute approximate surface area is 158 Å². The van der Waals surface area contributed by atoms with Gasteiger partial charge in [0.1, 0.15) is 18.0 Å². The zero-order valence-corrected chi connectivity index (χ0v) is 14.5. The minimum Gasteiger partial charge on any atom is -0.459 e. The summed E-state index contributed by atoms with van der Waals surface area (Å²) in [5, 5.41) is 6.53.